The van der Waals surface area contributed by atoms with Gasteiger partial charge in [0.25, 0.3) is 5.89 Å². The number of halogens is 2. The molecule has 0 aliphatic carbocycles. The Morgan fingerprint density at radius 1 is 1.19 bits per heavy atom. The van der Waals surface area contributed by atoms with Gasteiger partial charge in [-0.25, -0.2) is 4.39 Å². The van der Waals surface area contributed by atoms with Crippen molar-refractivity contribution in [2.24, 2.45) is 0 Å². The van der Waals surface area contributed by atoms with Crippen LogP contribution in [0.15, 0.2) is 58.0 Å². The number of hydrogen-bond acceptors (Lipinski definition) is 4. The van der Waals surface area contributed by atoms with E-state index in [-0.39, 0.29) is 28.1 Å². The Morgan fingerprint density at radius 2 is 2.00 bits per heavy atom. The van der Waals surface area contributed by atoms with E-state index in [4.69, 9.17) is 16.1 Å². The van der Waals surface area contributed by atoms with E-state index in [0.717, 1.165) is 6.42 Å². The molecule has 0 atom stereocenters. The van der Waals surface area contributed by atoms with Crippen molar-refractivity contribution in [2.45, 2.75) is 19.9 Å². The summed E-state index contributed by atoms with van der Waals surface area (Å²) in [7, 11) is 0. The van der Waals surface area contributed by atoms with Crippen LogP contribution in [-0.4, -0.2) is 14.7 Å². The number of rotatable bonds is 4. The van der Waals surface area contributed by atoms with Gasteiger partial charge in [-0.3, -0.25) is 4.79 Å². The molecule has 0 bridgehead atoms. The van der Waals surface area contributed by atoms with Gasteiger partial charge in [-0.15, -0.1) is 0 Å². The maximum atomic E-state index is 13.7. The summed E-state index contributed by atoms with van der Waals surface area (Å²) in [5, 5.41) is 4.70. The number of hydrogen-bond donors (Lipinski definition) is 0. The van der Waals surface area contributed by atoms with Crippen molar-refractivity contribution in [3.05, 3.63) is 69.7 Å². The van der Waals surface area contributed by atoms with Gasteiger partial charge in [0.05, 0.1) is 10.5 Å². The number of aryl methyl sites for hydroxylation is 1. The summed E-state index contributed by atoms with van der Waals surface area (Å²) in [5.41, 5.74) is 1.14. The monoisotopic (exact) mass is 383 g/mol. The maximum Gasteiger partial charge on any atom is 0.263 e. The summed E-state index contributed by atoms with van der Waals surface area (Å²) in [5.74, 6) is -0.107. The van der Waals surface area contributed by atoms with E-state index >= 15 is 0 Å². The zero-order chi connectivity index (χ0) is 19.0. The van der Waals surface area contributed by atoms with Crippen LogP contribution in [0.5, 0.6) is 0 Å². The molecule has 7 heteroatoms. The summed E-state index contributed by atoms with van der Waals surface area (Å²) in [6, 6.07) is 11.3. The topological polar surface area (TPSA) is 60.9 Å². The molecular weight excluding hydrogens is 369 g/mol. The van der Waals surface area contributed by atoms with E-state index in [1.165, 1.54) is 12.1 Å². The van der Waals surface area contributed by atoms with Crippen molar-refractivity contribution in [1.29, 1.82) is 0 Å². The molecular formula is C20H15ClFN3O2. The second-order valence-corrected chi connectivity index (χ2v) is 6.54. The second-order valence-electron chi connectivity index (χ2n) is 6.13. The van der Waals surface area contributed by atoms with E-state index in [9.17, 15) is 9.18 Å². The highest BCUT2D eigenvalue weighted by molar-refractivity contribution is 6.33. The van der Waals surface area contributed by atoms with Crippen LogP contribution in [0.1, 0.15) is 13.3 Å². The first-order chi connectivity index (χ1) is 13.1. The highest BCUT2D eigenvalue weighted by Crippen LogP contribution is 2.27. The molecule has 0 saturated carbocycles. The fraction of sp³-hybridized carbons (Fsp3) is 0.150. The van der Waals surface area contributed by atoms with Gasteiger partial charge in [0, 0.05) is 23.7 Å². The lowest BCUT2D eigenvalue weighted by atomic mass is 10.1. The van der Waals surface area contributed by atoms with Crippen molar-refractivity contribution in [3.8, 4) is 22.8 Å². The lowest BCUT2D eigenvalue weighted by molar-refractivity contribution is 0.431. The van der Waals surface area contributed by atoms with Crippen LogP contribution in [0.3, 0.4) is 0 Å². The Balaban J connectivity index is 1.91. The molecule has 27 heavy (non-hydrogen) atoms. The van der Waals surface area contributed by atoms with Gasteiger partial charge < -0.3 is 9.09 Å². The highest BCUT2D eigenvalue weighted by atomic mass is 35.5. The normalized spacial score (nSPS) is 11.2. The smallest absolute Gasteiger partial charge is 0.263 e. The fourth-order valence-electron chi connectivity index (χ4n) is 3.03. The molecule has 0 aliphatic rings. The molecule has 2 aromatic carbocycles. The van der Waals surface area contributed by atoms with Crippen LogP contribution in [0, 0.1) is 5.82 Å². The molecule has 0 amide bonds. The van der Waals surface area contributed by atoms with Crippen LogP contribution in [-0.2, 0) is 6.54 Å². The molecule has 0 radical (unpaired) electrons. The van der Waals surface area contributed by atoms with E-state index < -0.39 is 5.82 Å². The summed E-state index contributed by atoms with van der Waals surface area (Å²) in [6.07, 6.45) is 2.53. The van der Waals surface area contributed by atoms with Crippen LogP contribution in [0.4, 0.5) is 4.39 Å². The molecule has 0 unspecified atom stereocenters. The number of nitrogens with zero attached hydrogens (tertiary/aromatic N) is 3. The Kier molecular flexibility index (Phi) is 4.49. The third-order valence-electron chi connectivity index (χ3n) is 4.28. The first-order valence-corrected chi connectivity index (χ1v) is 8.88. The van der Waals surface area contributed by atoms with E-state index in [1.54, 1.807) is 30.5 Å². The average molecular weight is 384 g/mol. The maximum absolute atomic E-state index is 13.7. The molecule has 0 aliphatic heterocycles. The summed E-state index contributed by atoms with van der Waals surface area (Å²) < 4.78 is 20.9. The molecule has 0 saturated heterocycles. The standard InChI is InChI=1S/C20H15ClFN3O2/c1-2-9-25-11-15(18(26)14-10-12(22)7-8-17(14)25)20-23-19(24-27-20)13-5-3-4-6-16(13)21/h3-8,10-11H,2,9H2,1H3. The van der Waals surface area contributed by atoms with Gasteiger partial charge in [-0.1, -0.05) is 35.8 Å². The minimum Gasteiger partial charge on any atom is -0.346 e. The summed E-state index contributed by atoms with van der Waals surface area (Å²) in [6.45, 7) is 2.69. The van der Waals surface area contributed by atoms with Crippen molar-refractivity contribution >= 4 is 22.5 Å². The van der Waals surface area contributed by atoms with E-state index in [0.29, 0.717) is 22.6 Å². The van der Waals surface area contributed by atoms with Crippen LogP contribution in [0.25, 0.3) is 33.7 Å². The first kappa shape index (κ1) is 17.4. The summed E-state index contributed by atoms with van der Waals surface area (Å²) >= 11 is 6.18. The molecule has 0 spiro atoms. The van der Waals surface area contributed by atoms with Crippen molar-refractivity contribution in [2.75, 3.05) is 0 Å². The van der Waals surface area contributed by atoms with Crippen molar-refractivity contribution < 1.29 is 8.91 Å². The van der Waals surface area contributed by atoms with Gasteiger partial charge in [0.15, 0.2) is 0 Å². The number of aromatic nitrogens is 3. The molecule has 5 nitrogen and oxygen atoms in total. The van der Waals surface area contributed by atoms with Crippen LogP contribution >= 0.6 is 11.6 Å². The molecule has 4 aromatic rings. The second kappa shape index (κ2) is 6.96. The van der Waals surface area contributed by atoms with Gasteiger partial charge >= 0.3 is 0 Å². The molecule has 4 rings (SSSR count). The zero-order valence-electron chi connectivity index (χ0n) is 14.4. The molecule has 136 valence electrons. The van der Waals surface area contributed by atoms with Crippen LogP contribution in [0.2, 0.25) is 5.02 Å². The zero-order valence-corrected chi connectivity index (χ0v) is 15.2. The lowest BCUT2D eigenvalue weighted by Gasteiger charge is -2.11. The quantitative estimate of drug-likeness (QED) is 0.501. The SMILES string of the molecule is CCCn1cc(-c2nc(-c3ccccc3Cl)no2)c(=O)c2cc(F)ccc21. The number of pyridine rings is 1. The first-order valence-electron chi connectivity index (χ1n) is 8.50. The molecule has 2 heterocycles. The Hall–Kier alpha value is -2.99. The lowest BCUT2D eigenvalue weighted by Crippen LogP contribution is -2.12. The number of benzene rings is 2. The predicted molar refractivity (Wildman–Crippen MR) is 102 cm³/mol. The average Bonchev–Trinajstić information content (AvgIpc) is 3.14. The molecule has 0 fully saturated rings. The highest BCUT2D eigenvalue weighted by Gasteiger charge is 2.18. The summed E-state index contributed by atoms with van der Waals surface area (Å²) in [4.78, 5) is 17.3. The van der Waals surface area contributed by atoms with Gasteiger partial charge in [0.2, 0.25) is 11.3 Å². The fourth-order valence-corrected chi connectivity index (χ4v) is 3.25. The minimum absolute atomic E-state index is 0.0749. The van der Waals surface area contributed by atoms with Gasteiger partial charge in [0.1, 0.15) is 11.4 Å². The van der Waals surface area contributed by atoms with Gasteiger partial charge in [-0.2, -0.15) is 4.98 Å². The third kappa shape index (κ3) is 3.13. The van der Waals surface area contributed by atoms with Crippen molar-refractivity contribution in [1.82, 2.24) is 14.7 Å². The predicted octanol–water partition coefficient (Wildman–Crippen LogP) is 4.92. The molecule has 2 aromatic heterocycles. The molecule has 0 N–H and O–H groups in total. The van der Waals surface area contributed by atoms with Crippen LogP contribution < -0.4 is 5.43 Å². The third-order valence-corrected chi connectivity index (χ3v) is 4.61. The number of fused-ring (bicyclic) bond motifs is 1. The van der Waals surface area contributed by atoms with Gasteiger partial charge in [-0.05, 0) is 36.8 Å². The van der Waals surface area contributed by atoms with E-state index in [1.807, 2.05) is 17.6 Å². The Bertz CT molecular complexity index is 1200. The van der Waals surface area contributed by atoms with E-state index in [2.05, 4.69) is 10.1 Å². The minimum atomic E-state index is -0.470. The largest absolute Gasteiger partial charge is 0.346 e. The van der Waals surface area contributed by atoms with Crippen molar-refractivity contribution in [3.63, 3.8) is 0 Å². The Morgan fingerprint density at radius 3 is 2.78 bits per heavy atom. The Labute approximate surface area is 159 Å².